The molecule has 0 radical (unpaired) electrons. The highest BCUT2D eigenvalue weighted by Crippen LogP contribution is 2.34. The first-order valence-electron chi connectivity index (χ1n) is 7.47. The number of carbonyl (C=O) groups excluding carboxylic acids is 2. The number of amides is 2. The van der Waals surface area contributed by atoms with Crippen LogP contribution in [0.4, 0.5) is 0 Å². The van der Waals surface area contributed by atoms with Crippen molar-refractivity contribution in [2.75, 3.05) is 13.1 Å². The van der Waals surface area contributed by atoms with Crippen molar-refractivity contribution in [3.8, 4) is 0 Å². The maximum absolute atomic E-state index is 12.3. The summed E-state index contributed by atoms with van der Waals surface area (Å²) in [7, 11) is 0. The van der Waals surface area contributed by atoms with Crippen molar-refractivity contribution >= 4 is 17.8 Å². The van der Waals surface area contributed by atoms with E-state index in [-0.39, 0.29) is 18.4 Å². The fourth-order valence-electron chi connectivity index (χ4n) is 2.76. The second-order valence-electron chi connectivity index (χ2n) is 6.67. The number of nitrogens with zero attached hydrogens (tertiary/aromatic N) is 1. The molecular weight excluding hydrogens is 272 g/mol. The van der Waals surface area contributed by atoms with Crippen LogP contribution >= 0.6 is 0 Å². The van der Waals surface area contributed by atoms with Gasteiger partial charge < -0.3 is 15.3 Å². The molecule has 1 atom stereocenters. The molecule has 120 valence electrons. The zero-order valence-electron chi connectivity index (χ0n) is 13.4. The Kier molecular flexibility index (Phi) is 5.36. The molecule has 0 bridgehead atoms. The maximum Gasteiger partial charge on any atom is 0.329 e. The molecule has 1 saturated heterocycles. The van der Waals surface area contributed by atoms with Gasteiger partial charge in [0.2, 0.25) is 11.8 Å². The van der Waals surface area contributed by atoms with E-state index in [2.05, 4.69) is 5.32 Å². The Morgan fingerprint density at radius 3 is 2.38 bits per heavy atom. The summed E-state index contributed by atoms with van der Waals surface area (Å²) in [6.45, 7) is 7.50. The van der Waals surface area contributed by atoms with Crippen LogP contribution in [0, 0.1) is 5.41 Å². The quantitative estimate of drug-likeness (QED) is 0.803. The van der Waals surface area contributed by atoms with E-state index in [0.29, 0.717) is 32.2 Å². The Balaban J connectivity index is 2.76. The van der Waals surface area contributed by atoms with E-state index in [1.165, 1.54) is 4.90 Å². The lowest BCUT2D eigenvalue weighted by Gasteiger charge is -2.35. The lowest BCUT2D eigenvalue weighted by atomic mass is 9.90. The average molecular weight is 298 g/mol. The molecular formula is C15H26N2O4. The Bertz CT molecular complexity index is 428. The Morgan fingerprint density at radius 1 is 1.29 bits per heavy atom. The molecule has 2 amide bonds. The standard InChI is InChI=1S/C15H26N2O4/c1-5-7-15(13(20)21)8-6-9-17(15)11(18)10-16-12(19)14(2,3)4/h5-10H2,1-4H3,(H,16,19)(H,20,21). The summed E-state index contributed by atoms with van der Waals surface area (Å²) in [4.78, 5) is 37.2. The molecule has 1 rings (SSSR count). The smallest absolute Gasteiger partial charge is 0.329 e. The van der Waals surface area contributed by atoms with Crippen molar-refractivity contribution in [2.45, 2.75) is 58.9 Å². The third-order valence-electron chi connectivity index (χ3n) is 3.93. The van der Waals surface area contributed by atoms with E-state index in [9.17, 15) is 19.5 Å². The summed E-state index contributed by atoms with van der Waals surface area (Å²) >= 11 is 0. The highest BCUT2D eigenvalue weighted by molar-refractivity contribution is 5.91. The zero-order valence-corrected chi connectivity index (χ0v) is 13.4. The van der Waals surface area contributed by atoms with Gasteiger partial charge in [0.1, 0.15) is 5.54 Å². The van der Waals surface area contributed by atoms with Crippen molar-refractivity contribution in [2.24, 2.45) is 5.41 Å². The van der Waals surface area contributed by atoms with Gasteiger partial charge in [0.05, 0.1) is 6.54 Å². The number of carbonyl (C=O) groups is 3. The van der Waals surface area contributed by atoms with Crippen LogP contribution in [0.25, 0.3) is 0 Å². The van der Waals surface area contributed by atoms with E-state index in [1.807, 2.05) is 6.92 Å². The van der Waals surface area contributed by atoms with Gasteiger partial charge in [-0.25, -0.2) is 4.79 Å². The summed E-state index contributed by atoms with van der Waals surface area (Å²) in [5.41, 5.74) is -1.67. The van der Waals surface area contributed by atoms with E-state index in [4.69, 9.17) is 0 Å². The molecule has 1 aliphatic heterocycles. The van der Waals surface area contributed by atoms with Gasteiger partial charge in [-0.05, 0) is 19.3 Å². The van der Waals surface area contributed by atoms with Crippen molar-refractivity contribution in [3.63, 3.8) is 0 Å². The second-order valence-corrected chi connectivity index (χ2v) is 6.67. The van der Waals surface area contributed by atoms with Gasteiger partial charge in [0.15, 0.2) is 0 Å². The molecule has 1 heterocycles. The summed E-state index contributed by atoms with van der Waals surface area (Å²) in [6, 6.07) is 0. The van der Waals surface area contributed by atoms with Gasteiger partial charge in [0.25, 0.3) is 0 Å². The van der Waals surface area contributed by atoms with E-state index >= 15 is 0 Å². The molecule has 1 fully saturated rings. The monoisotopic (exact) mass is 298 g/mol. The Labute approximate surface area is 125 Å². The first kappa shape index (κ1) is 17.5. The Hall–Kier alpha value is -1.59. The molecule has 0 saturated carbocycles. The number of nitrogens with one attached hydrogen (secondary N) is 1. The number of hydrogen-bond acceptors (Lipinski definition) is 3. The van der Waals surface area contributed by atoms with Crippen LogP contribution in [-0.4, -0.2) is 46.4 Å². The number of carboxylic acid groups (broad SMARTS) is 1. The van der Waals surface area contributed by atoms with Crippen LogP contribution in [-0.2, 0) is 14.4 Å². The third kappa shape index (κ3) is 3.74. The predicted octanol–water partition coefficient (Wildman–Crippen LogP) is 1.39. The largest absolute Gasteiger partial charge is 0.479 e. The molecule has 21 heavy (non-hydrogen) atoms. The Morgan fingerprint density at radius 2 is 1.90 bits per heavy atom. The SMILES string of the molecule is CCCC1(C(=O)O)CCCN1C(=O)CNC(=O)C(C)(C)C. The molecule has 0 aliphatic carbocycles. The minimum absolute atomic E-state index is 0.144. The molecule has 0 aromatic heterocycles. The summed E-state index contributed by atoms with van der Waals surface area (Å²) in [5.74, 6) is -1.48. The van der Waals surface area contributed by atoms with E-state index in [1.54, 1.807) is 20.8 Å². The first-order chi connectivity index (χ1) is 9.65. The van der Waals surface area contributed by atoms with Gasteiger partial charge in [-0.15, -0.1) is 0 Å². The minimum Gasteiger partial charge on any atom is -0.479 e. The number of aliphatic carboxylic acids is 1. The highest BCUT2D eigenvalue weighted by Gasteiger charge is 2.48. The number of carboxylic acids is 1. The molecule has 2 N–H and O–H groups in total. The van der Waals surface area contributed by atoms with Crippen LogP contribution in [0.5, 0.6) is 0 Å². The molecule has 0 aromatic rings. The summed E-state index contributed by atoms with van der Waals surface area (Å²) < 4.78 is 0. The predicted molar refractivity (Wildman–Crippen MR) is 78.7 cm³/mol. The number of likely N-dealkylation sites (tertiary alicyclic amines) is 1. The number of rotatable bonds is 5. The lowest BCUT2D eigenvalue weighted by Crippen LogP contribution is -2.55. The van der Waals surface area contributed by atoms with Crippen molar-refractivity contribution < 1.29 is 19.5 Å². The molecule has 1 unspecified atom stereocenters. The molecule has 1 aliphatic rings. The fourth-order valence-corrected chi connectivity index (χ4v) is 2.76. The topological polar surface area (TPSA) is 86.7 Å². The molecule has 6 nitrogen and oxygen atoms in total. The molecule has 6 heteroatoms. The van der Waals surface area contributed by atoms with Crippen molar-refractivity contribution in [3.05, 3.63) is 0 Å². The second kappa shape index (κ2) is 6.45. The van der Waals surface area contributed by atoms with Crippen molar-refractivity contribution in [1.82, 2.24) is 10.2 Å². The summed E-state index contributed by atoms with van der Waals surface area (Å²) in [5, 5.41) is 12.1. The zero-order chi connectivity index (χ0) is 16.3. The highest BCUT2D eigenvalue weighted by atomic mass is 16.4. The first-order valence-corrected chi connectivity index (χ1v) is 7.47. The van der Waals surface area contributed by atoms with Crippen LogP contribution in [0.15, 0.2) is 0 Å². The average Bonchev–Trinajstić information content (AvgIpc) is 2.80. The van der Waals surface area contributed by atoms with Crippen LogP contribution in [0.2, 0.25) is 0 Å². The van der Waals surface area contributed by atoms with Crippen LogP contribution < -0.4 is 5.32 Å². The van der Waals surface area contributed by atoms with Gasteiger partial charge >= 0.3 is 5.97 Å². The lowest BCUT2D eigenvalue weighted by molar-refractivity contribution is -0.157. The van der Waals surface area contributed by atoms with Gasteiger partial charge in [0, 0.05) is 12.0 Å². The maximum atomic E-state index is 12.3. The van der Waals surface area contributed by atoms with Gasteiger partial charge in [-0.1, -0.05) is 34.1 Å². The van der Waals surface area contributed by atoms with E-state index < -0.39 is 16.9 Å². The molecule has 0 aromatic carbocycles. The van der Waals surface area contributed by atoms with Gasteiger partial charge in [-0.2, -0.15) is 0 Å². The van der Waals surface area contributed by atoms with Gasteiger partial charge in [-0.3, -0.25) is 9.59 Å². The van der Waals surface area contributed by atoms with Crippen LogP contribution in [0.1, 0.15) is 53.4 Å². The van der Waals surface area contributed by atoms with Crippen LogP contribution in [0.3, 0.4) is 0 Å². The van der Waals surface area contributed by atoms with E-state index in [0.717, 1.165) is 0 Å². The summed E-state index contributed by atoms with van der Waals surface area (Å²) in [6.07, 6.45) is 2.31. The normalized spacial score (nSPS) is 22.2. The van der Waals surface area contributed by atoms with Crippen molar-refractivity contribution in [1.29, 1.82) is 0 Å². The minimum atomic E-state index is -1.10. The number of hydrogen-bond donors (Lipinski definition) is 2. The molecule has 0 spiro atoms. The fraction of sp³-hybridized carbons (Fsp3) is 0.800. The third-order valence-corrected chi connectivity index (χ3v) is 3.93.